The first kappa shape index (κ1) is 13.8. The number of nitrogens with zero attached hydrogens (tertiary/aromatic N) is 3. The Morgan fingerprint density at radius 3 is 2.45 bits per heavy atom. The van der Waals surface area contributed by atoms with E-state index in [1.165, 1.54) is 31.2 Å². The normalized spacial score (nSPS) is 24.5. The van der Waals surface area contributed by atoms with E-state index in [4.69, 9.17) is 4.98 Å². The van der Waals surface area contributed by atoms with Crippen molar-refractivity contribution in [2.45, 2.75) is 38.5 Å². The summed E-state index contributed by atoms with van der Waals surface area (Å²) in [6.07, 6.45) is 7.55. The first-order valence-corrected chi connectivity index (χ1v) is 8.58. The van der Waals surface area contributed by atoms with E-state index in [9.17, 15) is 0 Å². The Morgan fingerprint density at radius 2 is 1.73 bits per heavy atom. The molecule has 1 aromatic carbocycles. The lowest BCUT2D eigenvalue weighted by Crippen LogP contribution is -2.21. The lowest BCUT2D eigenvalue weighted by atomic mass is 9.82. The van der Waals surface area contributed by atoms with Crippen LogP contribution in [0.4, 0.5) is 5.95 Å². The van der Waals surface area contributed by atoms with Crippen LogP contribution in [0, 0.1) is 11.8 Å². The number of hydrogen-bond acceptors (Lipinski definition) is 3. The first-order valence-electron chi connectivity index (χ1n) is 8.58. The molecule has 0 bridgehead atoms. The minimum Gasteiger partial charge on any atom is -0.339 e. The molecule has 2 fully saturated rings. The van der Waals surface area contributed by atoms with Crippen LogP contribution in [-0.2, 0) is 12.8 Å². The van der Waals surface area contributed by atoms with Crippen LogP contribution in [0.1, 0.15) is 37.1 Å². The van der Waals surface area contributed by atoms with Crippen LogP contribution in [0.5, 0.6) is 0 Å². The van der Waals surface area contributed by atoms with Gasteiger partial charge in [-0.2, -0.15) is 4.98 Å². The van der Waals surface area contributed by atoms with Gasteiger partial charge in [0.1, 0.15) is 5.82 Å². The molecule has 1 aliphatic carbocycles. The van der Waals surface area contributed by atoms with Crippen LogP contribution < -0.4 is 4.90 Å². The summed E-state index contributed by atoms with van der Waals surface area (Å²) in [6, 6.07) is 10.6. The number of benzene rings is 1. The van der Waals surface area contributed by atoms with Crippen molar-refractivity contribution in [2.75, 3.05) is 18.0 Å². The standard InChI is InChI=1S/C18H24N4/c1-2-6-14(7-3-1)10-11-17-19-18(21-20-17)22-12-15-8-4-5-9-16(15)13-22/h1-3,6-7,15-16H,4-5,8-13H2,(H,19,20,21). The number of hydrogen-bond donors (Lipinski definition) is 1. The summed E-state index contributed by atoms with van der Waals surface area (Å²) in [5, 5.41) is 7.59. The van der Waals surface area contributed by atoms with Gasteiger partial charge in [-0.25, -0.2) is 0 Å². The van der Waals surface area contributed by atoms with Crippen molar-refractivity contribution in [3.05, 3.63) is 41.7 Å². The molecule has 4 heteroatoms. The molecule has 4 nitrogen and oxygen atoms in total. The SMILES string of the molecule is c1ccc(CCc2nc(N3CC4CCCCC4C3)n[nH]2)cc1. The van der Waals surface area contributed by atoms with Gasteiger partial charge in [-0.3, -0.25) is 5.10 Å². The second-order valence-corrected chi connectivity index (χ2v) is 6.78. The Labute approximate surface area is 132 Å². The molecule has 1 saturated carbocycles. The average Bonchev–Trinajstić information content (AvgIpc) is 3.20. The summed E-state index contributed by atoms with van der Waals surface area (Å²) < 4.78 is 0. The molecule has 0 radical (unpaired) electrons. The number of aryl methyl sites for hydroxylation is 2. The summed E-state index contributed by atoms with van der Waals surface area (Å²) in [5.41, 5.74) is 1.35. The Kier molecular flexibility index (Phi) is 3.83. The fraction of sp³-hybridized carbons (Fsp3) is 0.556. The molecular formula is C18H24N4. The number of fused-ring (bicyclic) bond motifs is 1. The van der Waals surface area contributed by atoms with Crippen molar-refractivity contribution in [1.29, 1.82) is 0 Å². The zero-order chi connectivity index (χ0) is 14.8. The van der Waals surface area contributed by atoms with Gasteiger partial charge in [0, 0.05) is 19.5 Å². The molecule has 2 heterocycles. The van der Waals surface area contributed by atoms with Crippen molar-refractivity contribution in [3.8, 4) is 0 Å². The maximum Gasteiger partial charge on any atom is 0.244 e. The molecule has 1 saturated heterocycles. The molecule has 1 N–H and O–H groups in total. The molecule has 0 spiro atoms. The minimum absolute atomic E-state index is 0.875. The third-order valence-corrected chi connectivity index (χ3v) is 5.27. The average molecular weight is 296 g/mol. The zero-order valence-corrected chi connectivity index (χ0v) is 13.0. The monoisotopic (exact) mass is 296 g/mol. The number of nitrogens with one attached hydrogen (secondary N) is 1. The van der Waals surface area contributed by atoms with E-state index < -0.39 is 0 Å². The molecule has 2 aliphatic rings. The van der Waals surface area contributed by atoms with Crippen LogP contribution in [0.2, 0.25) is 0 Å². The van der Waals surface area contributed by atoms with Crippen LogP contribution >= 0.6 is 0 Å². The maximum atomic E-state index is 4.72. The highest BCUT2D eigenvalue weighted by Crippen LogP contribution is 2.37. The van der Waals surface area contributed by atoms with E-state index in [-0.39, 0.29) is 0 Å². The molecule has 2 atom stereocenters. The van der Waals surface area contributed by atoms with Gasteiger partial charge in [0.05, 0.1) is 0 Å². The number of aromatic amines is 1. The van der Waals surface area contributed by atoms with E-state index in [0.717, 1.165) is 49.5 Å². The van der Waals surface area contributed by atoms with E-state index in [1.807, 2.05) is 0 Å². The van der Waals surface area contributed by atoms with Crippen LogP contribution in [0.25, 0.3) is 0 Å². The molecule has 2 unspecified atom stereocenters. The second kappa shape index (κ2) is 6.11. The Balaban J connectivity index is 1.37. The van der Waals surface area contributed by atoms with E-state index in [2.05, 4.69) is 45.4 Å². The molecule has 0 amide bonds. The maximum absolute atomic E-state index is 4.72. The quantitative estimate of drug-likeness (QED) is 0.942. The van der Waals surface area contributed by atoms with Gasteiger partial charge in [-0.1, -0.05) is 43.2 Å². The van der Waals surface area contributed by atoms with Gasteiger partial charge in [0.15, 0.2) is 0 Å². The third-order valence-electron chi connectivity index (χ3n) is 5.27. The van der Waals surface area contributed by atoms with Crippen molar-refractivity contribution in [3.63, 3.8) is 0 Å². The molecule has 116 valence electrons. The van der Waals surface area contributed by atoms with Crippen molar-refractivity contribution < 1.29 is 0 Å². The van der Waals surface area contributed by atoms with Gasteiger partial charge in [-0.15, -0.1) is 5.10 Å². The summed E-state index contributed by atoms with van der Waals surface area (Å²) in [5.74, 6) is 3.67. The van der Waals surface area contributed by atoms with Crippen molar-refractivity contribution in [2.24, 2.45) is 11.8 Å². The van der Waals surface area contributed by atoms with Crippen molar-refractivity contribution in [1.82, 2.24) is 15.2 Å². The number of aromatic nitrogens is 3. The number of rotatable bonds is 4. The van der Waals surface area contributed by atoms with Crippen LogP contribution in [-0.4, -0.2) is 28.3 Å². The lowest BCUT2D eigenvalue weighted by Gasteiger charge is -2.22. The summed E-state index contributed by atoms with van der Waals surface area (Å²) in [4.78, 5) is 7.12. The smallest absolute Gasteiger partial charge is 0.244 e. The fourth-order valence-corrected chi connectivity index (χ4v) is 4.02. The zero-order valence-electron chi connectivity index (χ0n) is 13.0. The van der Waals surface area contributed by atoms with E-state index >= 15 is 0 Å². The first-order chi connectivity index (χ1) is 10.9. The number of H-pyrrole nitrogens is 1. The summed E-state index contributed by atoms with van der Waals surface area (Å²) in [6.45, 7) is 2.31. The summed E-state index contributed by atoms with van der Waals surface area (Å²) >= 11 is 0. The van der Waals surface area contributed by atoms with Gasteiger partial charge < -0.3 is 4.90 Å². The predicted molar refractivity (Wildman–Crippen MR) is 87.9 cm³/mol. The Bertz CT molecular complexity index is 593. The van der Waals surface area contributed by atoms with E-state index in [1.54, 1.807) is 0 Å². The number of anilines is 1. The van der Waals surface area contributed by atoms with Gasteiger partial charge in [0.25, 0.3) is 0 Å². The highest BCUT2D eigenvalue weighted by atomic mass is 15.4. The van der Waals surface area contributed by atoms with E-state index in [0.29, 0.717) is 0 Å². The Morgan fingerprint density at radius 1 is 1.00 bits per heavy atom. The Hall–Kier alpha value is -1.84. The molecule has 2 aromatic rings. The summed E-state index contributed by atoms with van der Waals surface area (Å²) in [7, 11) is 0. The van der Waals surface area contributed by atoms with Gasteiger partial charge >= 0.3 is 0 Å². The molecule has 1 aliphatic heterocycles. The molecule has 22 heavy (non-hydrogen) atoms. The fourth-order valence-electron chi connectivity index (χ4n) is 4.02. The van der Waals surface area contributed by atoms with Gasteiger partial charge in [-0.05, 0) is 36.7 Å². The molecule has 1 aromatic heterocycles. The minimum atomic E-state index is 0.875. The van der Waals surface area contributed by atoms with Crippen LogP contribution in [0.15, 0.2) is 30.3 Å². The molecular weight excluding hydrogens is 272 g/mol. The topological polar surface area (TPSA) is 44.8 Å². The highest BCUT2D eigenvalue weighted by molar-refractivity contribution is 5.31. The highest BCUT2D eigenvalue weighted by Gasteiger charge is 2.35. The molecule has 4 rings (SSSR count). The van der Waals surface area contributed by atoms with Gasteiger partial charge in [0.2, 0.25) is 5.95 Å². The second-order valence-electron chi connectivity index (χ2n) is 6.78. The largest absolute Gasteiger partial charge is 0.339 e. The lowest BCUT2D eigenvalue weighted by molar-refractivity contribution is 0.299. The third kappa shape index (κ3) is 2.87. The van der Waals surface area contributed by atoms with Crippen molar-refractivity contribution >= 4 is 5.95 Å². The predicted octanol–water partition coefficient (Wildman–Crippen LogP) is 3.22. The van der Waals surface area contributed by atoms with Crippen LogP contribution in [0.3, 0.4) is 0 Å².